The summed E-state index contributed by atoms with van der Waals surface area (Å²) in [6.45, 7) is 0.377. The smallest absolute Gasteiger partial charge is 0.254 e. The standard InChI is InChI=1S/C18H16N8O2S/c27-17(15-11-4-3-6-13(11)29-18(15)26-10-21-24-25-26)20-9-7-14-22-16(23-28-14)12-5-1-2-8-19-12/h1-2,5,8,10H,3-4,6-7,9H2,(H,20,27). The van der Waals surface area contributed by atoms with E-state index in [1.807, 2.05) is 18.2 Å². The minimum absolute atomic E-state index is 0.139. The molecule has 0 aliphatic heterocycles. The van der Waals surface area contributed by atoms with E-state index >= 15 is 0 Å². The van der Waals surface area contributed by atoms with Gasteiger partial charge in [0.1, 0.15) is 17.0 Å². The minimum Gasteiger partial charge on any atom is -0.351 e. The van der Waals surface area contributed by atoms with Crippen molar-refractivity contribution in [3.05, 3.63) is 52.6 Å². The first kappa shape index (κ1) is 17.6. The first-order valence-corrected chi connectivity index (χ1v) is 10.0. The molecule has 0 bridgehead atoms. The molecule has 4 aromatic rings. The van der Waals surface area contributed by atoms with Crippen molar-refractivity contribution in [2.75, 3.05) is 6.54 Å². The van der Waals surface area contributed by atoms with Crippen LogP contribution >= 0.6 is 11.3 Å². The van der Waals surface area contributed by atoms with Crippen molar-refractivity contribution in [3.8, 4) is 16.5 Å². The molecule has 5 rings (SSSR count). The first-order chi connectivity index (χ1) is 14.3. The van der Waals surface area contributed by atoms with E-state index in [0.717, 1.165) is 29.8 Å². The van der Waals surface area contributed by atoms with Crippen LogP contribution in [0.1, 0.15) is 33.1 Å². The van der Waals surface area contributed by atoms with Crippen molar-refractivity contribution in [2.24, 2.45) is 0 Å². The summed E-state index contributed by atoms with van der Waals surface area (Å²) in [6, 6.07) is 5.50. The average Bonchev–Trinajstić information content (AvgIpc) is 3.51. The number of hydrogen-bond acceptors (Lipinski definition) is 9. The van der Waals surface area contributed by atoms with E-state index in [-0.39, 0.29) is 5.91 Å². The Morgan fingerprint density at radius 2 is 2.28 bits per heavy atom. The number of carbonyl (C=O) groups is 1. The fraction of sp³-hybridized carbons (Fsp3) is 0.278. The number of hydrogen-bond donors (Lipinski definition) is 1. The number of tetrazole rings is 1. The molecule has 0 fully saturated rings. The van der Waals surface area contributed by atoms with Crippen LogP contribution in [0.3, 0.4) is 0 Å². The van der Waals surface area contributed by atoms with Crippen LogP contribution in [0, 0.1) is 0 Å². The van der Waals surface area contributed by atoms with Gasteiger partial charge >= 0.3 is 0 Å². The van der Waals surface area contributed by atoms with Crippen molar-refractivity contribution in [1.29, 1.82) is 0 Å². The Balaban J connectivity index is 1.28. The third-order valence-corrected chi connectivity index (χ3v) is 5.95. The van der Waals surface area contributed by atoms with Gasteiger partial charge in [0.05, 0.1) is 5.56 Å². The van der Waals surface area contributed by atoms with E-state index in [9.17, 15) is 4.79 Å². The Morgan fingerprint density at radius 3 is 3.10 bits per heavy atom. The van der Waals surface area contributed by atoms with E-state index in [2.05, 4.69) is 36.0 Å². The molecule has 29 heavy (non-hydrogen) atoms. The van der Waals surface area contributed by atoms with Gasteiger partial charge < -0.3 is 9.84 Å². The largest absolute Gasteiger partial charge is 0.351 e. The Hall–Kier alpha value is -3.47. The highest BCUT2D eigenvalue weighted by Gasteiger charge is 2.28. The molecule has 10 nitrogen and oxygen atoms in total. The highest BCUT2D eigenvalue weighted by atomic mass is 32.1. The number of aromatic nitrogens is 7. The van der Waals surface area contributed by atoms with Crippen molar-refractivity contribution in [2.45, 2.75) is 25.7 Å². The van der Waals surface area contributed by atoms with Gasteiger partial charge in [-0.2, -0.15) is 9.67 Å². The van der Waals surface area contributed by atoms with Crippen LogP contribution < -0.4 is 5.32 Å². The molecule has 0 unspecified atom stereocenters. The van der Waals surface area contributed by atoms with Gasteiger partial charge in [0.2, 0.25) is 11.7 Å². The lowest BCUT2D eigenvalue weighted by Crippen LogP contribution is -2.27. The number of fused-ring (bicyclic) bond motifs is 1. The lowest BCUT2D eigenvalue weighted by molar-refractivity contribution is 0.0953. The highest BCUT2D eigenvalue weighted by Crippen LogP contribution is 2.37. The third-order valence-electron chi connectivity index (χ3n) is 4.67. The number of thiophene rings is 1. The number of aryl methyl sites for hydroxylation is 1. The summed E-state index contributed by atoms with van der Waals surface area (Å²) < 4.78 is 6.82. The molecule has 0 saturated heterocycles. The van der Waals surface area contributed by atoms with Gasteiger partial charge in [0, 0.05) is 24.0 Å². The predicted molar refractivity (Wildman–Crippen MR) is 103 cm³/mol. The summed E-state index contributed by atoms with van der Waals surface area (Å²) in [4.78, 5) is 22.7. The van der Waals surface area contributed by atoms with Crippen LogP contribution in [0.15, 0.2) is 35.2 Å². The molecule has 0 radical (unpaired) electrons. The lowest BCUT2D eigenvalue weighted by Gasteiger charge is -2.07. The summed E-state index contributed by atoms with van der Waals surface area (Å²) in [5.41, 5.74) is 2.41. The fourth-order valence-electron chi connectivity index (χ4n) is 3.37. The topological polar surface area (TPSA) is 125 Å². The Bertz CT molecular complexity index is 1140. The monoisotopic (exact) mass is 408 g/mol. The molecule has 146 valence electrons. The predicted octanol–water partition coefficient (Wildman–Crippen LogP) is 1.63. The number of pyridine rings is 1. The maximum Gasteiger partial charge on any atom is 0.254 e. The van der Waals surface area contributed by atoms with Crippen molar-refractivity contribution in [3.63, 3.8) is 0 Å². The van der Waals surface area contributed by atoms with Gasteiger partial charge in [0.15, 0.2) is 0 Å². The van der Waals surface area contributed by atoms with Crippen LogP contribution in [0.25, 0.3) is 16.5 Å². The Morgan fingerprint density at radius 1 is 1.31 bits per heavy atom. The number of nitrogens with zero attached hydrogens (tertiary/aromatic N) is 7. The van der Waals surface area contributed by atoms with E-state index in [0.29, 0.717) is 35.9 Å². The van der Waals surface area contributed by atoms with E-state index in [4.69, 9.17) is 4.52 Å². The minimum atomic E-state index is -0.139. The summed E-state index contributed by atoms with van der Waals surface area (Å²) in [6.07, 6.45) is 6.56. The zero-order valence-electron chi connectivity index (χ0n) is 15.3. The van der Waals surface area contributed by atoms with Crippen LogP contribution in [-0.2, 0) is 19.3 Å². The number of amides is 1. The Labute approximate surface area is 169 Å². The number of rotatable bonds is 6. The molecule has 0 aromatic carbocycles. The molecule has 1 aliphatic rings. The van der Waals surface area contributed by atoms with Gasteiger partial charge in [-0.3, -0.25) is 9.78 Å². The quantitative estimate of drug-likeness (QED) is 0.510. The SMILES string of the molecule is O=C(NCCc1nc(-c2ccccn2)no1)c1c(-n2cnnn2)sc2c1CCC2. The number of nitrogens with one attached hydrogen (secondary N) is 1. The molecule has 1 amide bonds. The average molecular weight is 408 g/mol. The molecular formula is C18H16N8O2S. The maximum atomic E-state index is 12.9. The molecule has 4 aromatic heterocycles. The van der Waals surface area contributed by atoms with Gasteiger partial charge in [-0.15, -0.1) is 16.4 Å². The van der Waals surface area contributed by atoms with E-state index < -0.39 is 0 Å². The van der Waals surface area contributed by atoms with Crippen LogP contribution in [0.2, 0.25) is 0 Å². The van der Waals surface area contributed by atoms with Gasteiger partial charge in [-0.25, -0.2) is 0 Å². The summed E-state index contributed by atoms with van der Waals surface area (Å²) >= 11 is 1.58. The third kappa shape index (κ3) is 3.40. The summed E-state index contributed by atoms with van der Waals surface area (Å²) in [5, 5.41) is 19.0. The highest BCUT2D eigenvalue weighted by molar-refractivity contribution is 7.15. The van der Waals surface area contributed by atoms with E-state index in [1.54, 1.807) is 22.2 Å². The summed E-state index contributed by atoms with van der Waals surface area (Å²) in [5.74, 6) is 0.741. The van der Waals surface area contributed by atoms with Crippen molar-refractivity contribution < 1.29 is 9.32 Å². The molecule has 0 saturated carbocycles. The van der Waals surface area contributed by atoms with Crippen LogP contribution in [-0.4, -0.2) is 47.8 Å². The Kier molecular flexibility index (Phi) is 4.56. The molecule has 1 aliphatic carbocycles. The molecule has 0 atom stereocenters. The van der Waals surface area contributed by atoms with Crippen molar-refractivity contribution in [1.82, 2.24) is 40.6 Å². The van der Waals surface area contributed by atoms with Gasteiger partial charge in [-0.1, -0.05) is 11.2 Å². The molecule has 1 N–H and O–H groups in total. The van der Waals surface area contributed by atoms with Crippen molar-refractivity contribution >= 4 is 17.2 Å². The second kappa shape index (κ2) is 7.51. The second-order valence-corrected chi connectivity index (χ2v) is 7.61. The summed E-state index contributed by atoms with van der Waals surface area (Å²) in [7, 11) is 0. The maximum absolute atomic E-state index is 12.9. The molecular weight excluding hydrogens is 392 g/mol. The van der Waals surface area contributed by atoms with Gasteiger partial charge in [0.25, 0.3) is 5.91 Å². The fourth-order valence-corrected chi connectivity index (χ4v) is 4.67. The normalized spacial score (nSPS) is 12.8. The zero-order valence-corrected chi connectivity index (χ0v) is 16.1. The lowest BCUT2D eigenvalue weighted by atomic mass is 10.1. The second-order valence-electron chi connectivity index (χ2n) is 6.52. The number of carbonyl (C=O) groups excluding carboxylic acids is 1. The van der Waals surface area contributed by atoms with E-state index in [1.165, 1.54) is 11.2 Å². The molecule has 0 spiro atoms. The van der Waals surface area contributed by atoms with Crippen LogP contribution in [0.4, 0.5) is 0 Å². The zero-order chi connectivity index (χ0) is 19.6. The molecule has 11 heteroatoms. The first-order valence-electron chi connectivity index (χ1n) is 9.19. The molecule has 4 heterocycles. The van der Waals surface area contributed by atoms with Crippen LogP contribution in [0.5, 0.6) is 0 Å². The van der Waals surface area contributed by atoms with Gasteiger partial charge in [-0.05, 0) is 47.4 Å².